The van der Waals surface area contributed by atoms with Crippen molar-refractivity contribution in [2.75, 3.05) is 5.75 Å². The maximum Gasteiger partial charge on any atom is 0.250 e. The molecule has 1 N–H and O–H groups in total. The molecule has 0 spiro atoms. The van der Waals surface area contributed by atoms with Gasteiger partial charge >= 0.3 is 0 Å². The third kappa shape index (κ3) is 4.13. The molecule has 3 aromatic rings. The van der Waals surface area contributed by atoms with Crippen LogP contribution < -0.4 is 5.43 Å². The molecule has 1 fully saturated rings. The summed E-state index contributed by atoms with van der Waals surface area (Å²) in [5, 5.41) is 13.2. The molecule has 1 saturated carbocycles. The van der Waals surface area contributed by atoms with Crippen LogP contribution in [-0.2, 0) is 4.79 Å². The van der Waals surface area contributed by atoms with Crippen LogP contribution in [0.5, 0.6) is 0 Å². The number of nitrogens with zero attached hydrogens (tertiary/aromatic N) is 4. The summed E-state index contributed by atoms with van der Waals surface area (Å²) in [5.74, 6) is 1.95. The quantitative estimate of drug-likeness (QED) is 0.380. The van der Waals surface area contributed by atoms with Crippen molar-refractivity contribution in [2.24, 2.45) is 5.10 Å². The fraction of sp³-hybridized carbons (Fsp3) is 0.333. The van der Waals surface area contributed by atoms with Gasteiger partial charge in [0.25, 0.3) is 5.91 Å². The van der Waals surface area contributed by atoms with Gasteiger partial charge in [0.2, 0.25) is 5.82 Å². The summed E-state index contributed by atoms with van der Waals surface area (Å²) in [4.78, 5) is 12.1. The highest BCUT2D eigenvalue weighted by atomic mass is 32.2. The van der Waals surface area contributed by atoms with E-state index in [1.54, 1.807) is 24.7 Å². The average Bonchev–Trinajstić information content (AvgIpc) is 3.47. The van der Waals surface area contributed by atoms with Gasteiger partial charge in [-0.2, -0.15) is 5.10 Å². The lowest BCUT2D eigenvalue weighted by Gasteiger charge is -2.15. The normalized spacial score (nSPS) is 15.0. The van der Waals surface area contributed by atoms with Crippen molar-refractivity contribution < 1.29 is 13.6 Å². The number of nitrogens with one attached hydrogen (secondary N) is 1. The van der Waals surface area contributed by atoms with Crippen LogP contribution >= 0.6 is 11.8 Å². The molecule has 1 amide bonds. The van der Waals surface area contributed by atoms with Crippen molar-refractivity contribution in [3.8, 4) is 11.6 Å². The highest BCUT2D eigenvalue weighted by Crippen LogP contribution is 2.36. The van der Waals surface area contributed by atoms with Crippen LogP contribution in [-0.4, -0.2) is 32.6 Å². The largest absolute Gasteiger partial charge is 0.463 e. The van der Waals surface area contributed by atoms with E-state index in [4.69, 9.17) is 8.83 Å². The average molecular weight is 385 g/mol. The predicted octanol–water partition coefficient (Wildman–Crippen LogP) is 3.49. The Morgan fingerprint density at radius 3 is 2.81 bits per heavy atom. The van der Waals surface area contributed by atoms with Gasteiger partial charge in [0.15, 0.2) is 10.9 Å². The molecule has 0 unspecified atom stereocenters. The smallest absolute Gasteiger partial charge is 0.250 e. The molecule has 4 rings (SSSR count). The van der Waals surface area contributed by atoms with Gasteiger partial charge < -0.3 is 8.83 Å². The third-order valence-corrected chi connectivity index (χ3v) is 5.30. The van der Waals surface area contributed by atoms with Crippen LogP contribution in [0.2, 0.25) is 0 Å². The van der Waals surface area contributed by atoms with E-state index in [0.717, 1.165) is 18.0 Å². The van der Waals surface area contributed by atoms with E-state index in [2.05, 4.69) is 25.3 Å². The SMILES string of the molecule is O=C(CSc1nnc(-c2ccco2)n1C1CCCC1)N/N=C/c1ccco1. The summed E-state index contributed by atoms with van der Waals surface area (Å²) < 4.78 is 12.7. The number of amides is 1. The van der Waals surface area contributed by atoms with E-state index < -0.39 is 0 Å². The molecular formula is C18H19N5O3S. The minimum atomic E-state index is -0.219. The summed E-state index contributed by atoms with van der Waals surface area (Å²) in [6.07, 6.45) is 9.17. The van der Waals surface area contributed by atoms with Gasteiger partial charge in [-0.3, -0.25) is 9.36 Å². The zero-order valence-corrected chi connectivity index (χ0v) is 15.4. The second-order valence-electron chi connectivity index (χ2n) is 6.19. The first-order valence-corrected chi connectivity index (χ1v) is 9.77. The van der Waals surface area contributed by atoms with E-state index in [-0.39, 0.29) is 11.7 Å². The molecule has 27 heavy (non-hydrogen) atoms. The van der Waals surface area contributed by atoms with Crippen molar-refractivity contribution in [1.29, 1.82) is 0 Å². The monoisotopic (exact) mass is 385 g/mol. The Kier molecular flexibility index (Phi) is 5.38. The summed E-state index contributed by atoms with van der Waals surface area (Å²) in [5.41, 5.74) is 2.49. The van der Waals surface area contributed by atoms with Crippen LogP contribution in [0.1, 0.15) is 37.5 Å². The van der Waals surface area contributed by atoms with Gasteiger partial charge in [-0.25, -0.2) is 5.43 Å². The van der Waals surface area contributed by atoms with E-state index in [0.29, 0.717) is 23.4 Å². The van der Waals surface area contributed by atoms with Crippen molar-refractivity contribution in [2.45, 2.75) is 36.9 Å². The molecule has 0 aromatic carbocycles. The fourth-order valence-corrected chi connectivity index (χ4v) is 3.93. The molecule has 0 saturated heterocycles. The number of furan rings is 2. The first-order valence-electron chi connectivity index (χ1n) is 8.78. The van der Waals surface area contributed by atoms with Crippen LogP contribution in [0.4, 0.5) is 0 Å². The summed E-state index contributed by atoms with van der Waals surface area (Å²) >= 11 is 1.35. The number of carbonyl (C=O) groups excluding carboxylic acids is 1. The van der Waals surface area contributed by atoms with Gasteiger partial charge in [0.1, 0.15) is 5.76 Å². The Labute approximate surface area is 160 Å². The second-order valence-corrected chi connectivity index (χ2v) is 7.13. The van der Waals surface area contributed by atoms with Crippen molar-refractivity contribution in [3.63, 3.8) is 0 Å². The number of thioether (sulfide) groups is 1. The predicted molar refractivity (Wildman–Crippen MR) is 100 cm³/mol. The summed E-state index contributed by atoms with van der Waals surface area (Å²) in [6, 6.07) is 7.55. The number of hydrazone groups is 1. The number of carbonyl (C=O) groups is 1. The van der Waals surface area contributed by atoms with Crippen molar-refractivity contribution in [1.82, 2.24) is 20.2 Å². The molecule has 1 aliphatic rings. The lowest BCUT2D eigenvalue weighted by molar-refractivity contribution is -0.118. The van der Waals surface area contributed by atoms with E-state index in [9.17, 15) is 4.79 Å². The minimum Gasteiger partial charge on any atom is -0.463 e. The van der Waals surface area contributed by atoms with Crippen LogP contribution in [0.25, 0.3) is 11.6 Å². The van der Waals surface area contributed by atoms with Crippen LogP contribution in [0.15, 0.2) is 55.9 Å². The van der Waals surface area contributed by atoms with E-state index in [1.807, 2.05) is 12.1 Å². The zero-order chi connectivity index (χ0) is 18.5. The van der Waals surface area contributed by atoms with E-state index in [1.165, 1.54) is 30.8 Å². The first kappa shape index (κ1) is 17.6. The Morgan fingerprint density at radius 1 is 1.26 bits per heavy atom. The molecule has 0 atom stereocenters. The van der Waals surface area contributed by atoms with E-state index >= 15 is 0 Å². The van der Waals surface area contributed by atoms with Crippen molar-refractivity contribution >= 4 is 23.9 Å². The first-order chi connectivity index (χ1) is 13.3. The second kappa shape index (κ2) is 8.26. The maximum absolute atomic E-state index is 12.1. The minimum absolute atomic E-state index is 0.193. The van der Waals surface area contributed by atoms with Gasteiger partial charge in [-0.15, -0.1) is 10.2 Å². The lowest BCUT2D eigenvalue weighted by Crippen LogP contribution is -2.20. The van der Waals surface area contributed by atoms with Gasteiger partial charge in [-0.05, 0) is 37.1 Å². The Balaban J connectivity index is 1.43. The van der Waals surface area contributed by atoms with Gasteiger partial charge in [0.05, 0.1) is 24.5 Å². The highest BCUT2D eigenvalue weighted by Gasteiger charge is 2.26. The lowest BCUT2D eigenvalue weighted by atomic mass is 10.2. The maximum atomic E-state index is 12.1. The number of rotatable bonds is 7. The van der Waals surface area contributed by atoms with Crippen LogP contribution in [0, 0.1) is 0 Å². The molecule has 3 aromatic heterocycles. The third-order valence-electron chi connectivity index (χ3n) is 4.35. The Morgan fingerprint density at radius 2 is 2.07 bits per heavy atom. The molecule has 9 heteroatoms. The highest BCUT2D eigenvalue weighted by molar-refractivity contribution is 7.99. The Hall–Kier alpha value is -2.81. The number of aromatic nitrogens is 3. The summed E-state index contributed by atoms with van der Waals surface area (Å²) in [7, 11) is 0. The van der Waals surface area contributed by atoms with Crippen LogP contribution in [0.3, 0.4) is 0 Å². The van der Waals surface area contributed by atoms with Gasteiger partial charge in [0, 0.05) is 6.04 Å². The fourth-order valence-electron chi connectivity index (χ4n) is 3.14. The topological polar surface area (TPSA) is 98.5 Å². The Bertz CT molecular complexity index is 896. The number of hydrogen-bond acceptors (Lipinski definition) is 7. The standard InChI is InChI=1S/C18H19N5O3S/c24-16(20-19-11-14-7-3-9-25-14)12-27-18-22-21-17(15-8-4-10-26-15)23(18)13-5-1-2-6-13/h3-4,7-11,13H,1-2,5-6,12H2,(H,20,24)/b19-11+. The molecule has 8 nitrogen and oxygen atoms in total. The zero-order valence-electron chi connectivity index (χ0n) is 14.6. The van der Waals surface area contributed by atoms with Gasteiger partial charge in [-0.1, -0.05) is 24.6 Å². The summed E-state index contributed by atoms with van der Waals surface area (Å²) in [6.45, 7) is 0. The molecule has 0 radical (unpaired) electrons. The molecule has 3 heterocycles. The molecular weight excluding hydrogens is 366 g/mol. The molecule has 140 valence electrons. The molecule has 0 bridgehead atoms. The number of hydrogen-bond donors (Lipinski definition) is 1. The van der Waals surface area contributed by atoms with Crippen molar-refractivity contribution in [3.05, 3.63) is 42.6 Å². The molecule has 0 aliphatic heterocycles. The molecule has 1 aliphatic carbocycles.